The van der Waals surface area contributed by atoms with Crippen LogP contribution in [0.4, 0.5) is 17.1 Å². The van der Waals surface area contributed by atoms with Crippen LogP contribution in [0.25, 0.3) is 0 Å². The summed E-state index contributed by atoms with van der Waals surface area (Å²) in [6.45, 7) is 2.56. The van der Waals surface area contributed by atoms with Crippen LogP contribution in [0.5, 0.6) is 5.75 Å². The molecule has 3 rings (SSSR count). The van der Waals surface area contributed by atoms with Crippen molar-refractivity contribution in [3.63, 3.8) is 0 Å². The fourth-order valence-corrected chi connectivity index (χ4v) is 5.24. The smallest absolute Gasteiger partial charge is 0.325 e. The Bertz CT molecular complexity index is 1130. The number of nitrogen functional groups attached to an aromatic ring is 1. The first-order valence-corrected chi connectivity index (χ1v) is 15.5. The molecular formula is C23H33N3O7P2. The number of hydrogen-bond acceptors (Lipinski definition) is 6. The zero-order valence-electron chi connectivity index (χ0n) is 19.7. The van der Waals surface area contributed by atoms with Crippen molar-refractivity contribution in [3.05, 3.63) is 47.5 Å². The molecule has 1 atom stereocenters. The summed E-state index contributed by atoms with van der Waals surface area (Å²) in [5.74, 6) is 0.638. The van der Waals surface area contributed by atoms with Gasteiger partial charge in [0.25, 0.3) is 0 Å². The Morgan fingerprint density at radius 2 is 1.77 bits per heavy atom. The summed E-state index contributed by atoms with van der Waals surface area (Å²) >= 11 is 0. The summed E-state index contributed by atoms with van der Waals surface area (Å²) in [4.78, 5) is 41.7. The zero-order chi connectivity index (χ0) is 25.6. The van der Waals surface area contributed by atoms with Gasteiger partial charge in [-0.05, 0) is 49.1 Å². The fraction of sp³-hybridized carbons (Fsp3) is 0.435. The molecule has 1 unspecified atom stereocenters. The van der Waals surface area contributed by atoms with Crippen LogP contribution in [0.1, 0.15) is 30.4 Å². The van der Waals surface area contributed by atoms with Gasteiger partial charge in [-0.1, -0.05) is 12.1 Å². The highest BCUT2D eigenvalue weighted by Gasteiger charge is 2.29. The summed E-state index contributed by atoms with van der Waals surface area (Å²) in [5.41, 5.74) is 9.80. The second kappa shape index (κ2) is 11.6. The van der Waals surface area contributed by atoms with Crippen molar-refractivity contribution in [1.29, 1.82) is 0 Å². The van der Waals surface area contributed by atoms with Crippen molar-refractivity contribution in [1.82, 2.24) is 0 Å². The zero-order valence-corrected chi connectivity index (χ0v) is 21.5. The Hall–Kier alpha value is -2.35. The van der Waals surface area contributed by atoms with Gasteiger partial charge in [0.2, 0.25) is 5.91 Å². The predicted octanol–water partition coefficient (Wildman–Crippen LogP) is 3.40. The normalized spacial score (nSPS) is 15.1. The first-order valence-electron chi connectivity index (χ1n) is 11.4. The third-order valence-electron chi connectivity index (χ3n) is 5.64. The number of nitrogens with zero attached hydrogens (tertiary/aromatic N) is 1. The Morgan fingerprint density at radius 3 is 2.43 bits per heavy atom. The highest BCUT2D eigenvalue weighted by molar-refractivity contribution is 7.57. The van der Waals surface area contributed by atoms with Gasteiger partial charge in [-0.3, -0.25) is 13.9 Å². The largest absolute Gasteiger partial charge is 0.494 e. The van der Waals surface area contributed by atoms with Crippen LogP contribution >= 0.6 is 15.0 Å². The molecule has 0 saturated carbocycles. The van der Waals surface area contributed by atoms with E-state index in [1.807, 2.05) is 30.3 Å². The lowest BCUT2D eigenvalue weighted by atomic mass is 10.1. The highest BCUT2D eigenvalue weighted by atomic mass is 31.2. The molecular weight excluding hydrogens is 492 g/mol. The molecule has 0 saturated heterocycles. The lowest BCUT2D eigenvalue weighted by Gasteiger charge is -2.19. The summed E-state index contributed by atoms with van der Waals surface area (Å²) in [6.07, 6.45) is 1.93. The van der Waals surface area contributed by atoms with E-state index in [0.717, 1.165) is 16.8 Å². The molecule has 12 heteroatoms. The summed E-state index contributed by atoms with van der Waals surface area (Å²) in [6, 6.07) is 11.0. The van der Waals surface area contributed by atoms with Gasteiger partial charge in [-0.25, -0.2) is 0 Å². The lowest BCUT2D eigenvalue weighted by Crippen LogP contribution is -2.26. The van der Waals surface area contributed by atoms with E-state index in [4.69, 9.17) is 20.3 Å². The van der Waals surface area contributed by atoms with E-state index < -0.39 is 15.0 Å². The second-order valence-electron chi connectivity index (χ2n) is 8.86. The number of amides is 1. The third-order valence-corrected chi connectivity index (χ3v) is 7.68. The molecule has 10 nitrogen and oxygen atoms in total. The molecule has 0 radical (unpaired) electrons. The molecule has 0 aliphatic carbocycles. The van der Waals surface area contributed by atoms with E-state index in [1.54, 1.807) is 11.0 Å². The number of ether oxygens (including phenoxy) is 1. The number of anilines is 3. The van der Waals surface area contributed by atoms with E-state index in [9.17, 15) is 18.8 Å². The minimum atomic E-state index is -4.03. The third kappa shape index (κ3) is 8.67. The Balaban J connectivity index is 1.58. The summed E-state index contributed by atoms with van der Waals surface area (Å²) in [7, 11) is -7.01. The standard InChI is InChI=1S/C23H33N3O7P2/c1-34(28,29)11-3-2-10-33-19-7-5-17(6-8-19)16-26-22-14-18(25-9-4-12-35(30,31)32)13-21(24)20(22)15-23(26)27/h5-8,13-14,25H,2-4,9-12,15-16,24H2,1H3,(H,28,29)(H2,30,31,32). The molecule has 2 aromatic rings. The van der Waals surface area contributed by atoms with E-state index in [2.05, 4.69) is 5.32 Å². The maximum atomic E-state index is 12.7. The molecule has 0 fully saturated rings. The fourth-order valence-electron chi connectivity index (χ4n) is 3.86. The molecule has 1 amide bonds. The van der Waals surface area contributed by atoms with Crippen molar-refractivity contribution in [2.75, 3.05) is 48.1 Å². The van der Waals surface area contributed by atoms with Crippen molar-refractivity contribution < 1.29 is 33.3 Å². The Labute approximate surface area is 205 Å². The number of fused-ring (bicyclic) bond motifs is 1. The maximum absolute atomic E-state index is 12.7. The lowest BCUT2D eigenvalue weighted by molar-refractivity contribution is -0.117. The van der Waals surface area contributed by atoms with Crippen LogP contribution in [0.3, 0.4) is 0 Å². The van der Waals surface area contributed by atoms with Crippen LogP contribution in [0.2, 0.25) is 0 Å². The Kier molecular flexibility index (Phi) is 9.02. The van der Waals surface area contributed by atoms with Gasteiger partial charge in [0.15, 0.2) is 7.37 Å². The van der Waals surface area contributed by atoms with Gasteiger partial charge in [0.05, 0.1) is 31.4 Å². The number of unbranched alkanes of at least 4 members (excludes halogenated alkanes) is 1. The van der Waals surface area contributed by atoms with Gasteiger partial charge in [-0.15, -0.1) is 0 Å². The molecule has 1 heterocycles. The predicted molar refractivity (Wildman–Crippen MR) is 138 cm³/mol. The van der Waals surface area contributed by atoms with Crippen molar-refractivity contribution in [2.45, 2.75) is 32.2 Å². The van der Waals surface area contributed by atoms with Gasteiger partial charge >= 0.3 is 7.60 Å². The number of carbonyl (C=O) groups excluding carboxylic acids is 1. The molecule has 6 N–H and O–H groups in total. The molecule has 2 aromatic carbocycles. The van der Waals surface area contributed by atoms with E-state index in [0.29, 0.717) is 56.1 Å². The van der Waals surface area contributed by atoms with Crippen molar-refractivity contribution >= 4 is 37.9 Å². The number of nitrogens with one attached hydrogen (secondary N) is 1. The van der Waals surface area contributed by atoms with Crippen LogP contribution in [0.15, 0.2) is 36.4 Å². The maximum Gasteiger partial charge on any atom is 0.325 e. The molecule has 192 valence electrons. The van der Waals surface area contributed by atoms with Gasteiger partial charge in [0.1, 0.15) is 5.75 Å². The second-order valence-corrected chi connectivity index (χ2v) is 13.2. The number of hydrogen-bond donors (Lipinski definition) is 5. The highest BCUT2D eigenvalue weighted by Crippen LogP contribution is 2.38. The van der Waals surface area contributed by atoms with Crippen LogP contribution < -0.4 is 20.7 Å². The van der Waals surface area contributed by atoms with Gasteiger partial charge < -0.3 is 35.4 Å². The first kappa shape index (κ1) is 27.2. The number of carbonyl (C=O) groups is 1. The van der Waals surface area contributed by atoms with E-state index in [-0.39, 0.29) is 24.7 Å². The first-order chi connectivity index (χ1) is 16.4. The average molecular weight is 525 g/mol. The molecule has 35 heavy (non-hydrogen) atoms. The number of nitrogens with two attached hydrogens (primary N) is 1. The van der Waals surface area contributed by atoms with Gasteiger partial charge in [-0.2, -0.15) is 0 Å². The van der Waals surface area contributed by atoms with Crippen LogP contribution in [-0.4, -0.2) is 52.7 Å². The van der Waals surface area contributed by atoms with E-state index >= 15 is 0 Å². The van der Waals surface area contributed by atoms with E-state index in [1.165, 1.54) is 6.66 Å². The topological polar surface area (TPSA) is 162 Å². The summed E-state index contributed by atoms with van der Waals surface area (Å²) in [5, 5.41) is 3.12. The molecule has 0 bridgehead atoms. The van der Waals surface area contributed by atoms with Crippen molar-refractivity contribution in [3.8, 4) is 5.75 Å². The van der Waals surface area contributed by atoms with Crippen LogP contribution in [0, 0.1) is 0 Å². The number of rotatable bonds is 13. The van der Waals surface area contributed by atoms with Crippen LogP contribution in [-0.2, 0) is 26.9 Å². The monoisotopic (exact) mass is 525 g/mol. The minimum absolute atomic E-state index is 0.0530. The molecule has 1 aliphatic rings. The van der Waals surface area contributed by atoms with Crippen molar-refractivity contribution in [2.24, 2.45) is 0 Å². The molecule has 0 spiro atoms. The average Bonchev–Trinajstić information content (AvgIpc) is 3.07. The molecule has 0 aromatic heterocycles. The Morgan fingerprint density at radius 1 is 1.06 bits per heavy atom. The summed E-state index contributed by atoms with van der Waals surface area (Å²) < 4.78 is 28.0. The SMILES string of the molecule is CP(=O)(O)CCCCOc1ccc(CN2C(=O)Cc3c(N)cc(NCCCP(=O)(O)O)cc32)cc1. The quantitative estimate of drug-likeness (QED) is 0.150. The number of benzene rings is 2. The minimum Gasteiger partial charge on any atom is -0.494 e. The van der Waals surface area contributed by atoms with Gasteiger partial charge in [0, 0.05) is 36.3 Å². The molecule has 1 aliphatic heterocycles.